The molecule has 1 heterocycles. The van der Waals surface area contributed by atoms with Gasteiger partial charge >= 0.3 is 5.97 Å². The lowest BCUT2D eigenvalue weighted by Gasteiger charge is -2.33. The molecule has 1 N–H and O–H groups in total. The molecular formula is C27H29NO5. The first-order chi connectivity index (χ1) is 16.1. The third-order valence-electron chi connectivity index (χ3n) is 6.06. The van der Waals surface area contributed by atoms with E-state index >= 15 is 0 Å². The largest absolute Gasteiger partial charge is 0.497 e. The van der Waals surface area contributed by atoms with Crippen molar-refractivity contribution in [1.82, 2.24) is 4.90 Å². The molecule has 1 fully saturated rings. The van der Waals surface area contributed by atoms with E-state index in [1.807, 2.05) is 77.7 Å². The Bertz CT molecular complexity index is 1080. The highest BCUT2D eigenvalue weighted by atomic mass is 16.5. The van der Waals surface area contributed by atoms with Crippen LogP contribution in [-0.2, 0) is 11.4 Å². The SMILES string of the molecule is COc1ccc(OC)c(C(c2cccc(OCc3ccccc3)c2)N2CCCC2C(=O)O)c1. The number of nitrogens with zero attached hydrogens (tertiary/aromatic N) is 1. The summed E-state index contributed by atoms with van der Waals surface area (Å²) < 4.78 is 17.2. The Balaban J connectivity index is 1.73. The molecule has 0 bridgehead atoms. The van der Waals surface area contributed by atoms with E-state index in [9.17, 15) is 9.90 Å². The molecule has 172 valence electrons. The number of carbonyl (C=O) groups is 1. The number of likely N-dealkylation sites (tertiary alicyclic amines) is 1. The van der Waals surface area contributed by atoms with E-state index in [0.29, 0.717) is 31.1 Å². The van der Waals surface area contributed by atoms with E-state index in [4.69, 9.17) is 14.2 Å². The van der Waals surface area contributed by atoms with Crippen LogP contribution in [0.5, 0.6) is 17.2 Å². The van der Waals surface area contributed by atoms with E-state index < -0.39 is 12.0 Å². The van der Waals surface area contributed by atoms with Crippen molar-refractivity contribution in [2.24, 2.45) is 0 Å². The molecule has 0 aliphatic carbocycles. The summed E-state index contributed by atoms with van der Waals surface area (Å²) in [5, 5.41) is 9.90. The summed E-state index contributed by atoms with van der Waals surface area (Å²) in [4.78, 5) is 14.1. The first-order valence-electron chi connectivity index (χ1n) is 11.1. The molecule has 1 aliphatic rings. The average Bonchev–Trinajstić information content (AvgIpc) is 3.33. The second-order valence-corrected chi connectivity index (χ2v) is 8.09. The molecule has 6 nitrogen and oxygen atoms in total. The van der Waals surface area contributed by atoms with Gasteiger partial charge in [-0.3, -0.25) is 9.69 Å². The molecule has 0 amide bonds. The second-order valence-electron chi connectivity index (χ2n) is 8.09. The number of rotatable bonds is 9. The van der Waals surface area contributed by atoms with Gasteiger partial charge in [0.1, 0.15) is 29.9 Å². The Morgan fingerprint density at radius 3 is 2.55 bits per heavy atom. The van der Waals surface area contributed by atoms with E-state index in [-0.39, 0.29) is 6.04 Å². The smallest absolute Gasteiger partial charge is 0.320 e. The quantitative estimate of drug-likeness (QED) is 0.502. The molecule has 6 heteroatoms. The molecule has 3 aromatic carbocycles. The summed E-state index contributed by atoms with van der Waals surface area (Å²) in [7, 11) is 3.25. The zero-order valence-corrected chi connectivity index (χ0v) is 18.9. The van der Waals surface area contributed by atoms with E-state index in [1.54, 1.807) is 14.2 Å². The highest BCUT2D eigenvalue weighted by molar-refractivity contribution is 5.74. The fourth-order valence-electron chi connectivity index (χ4n) is 4.48. The Hall–Kier alpha value is -3.51. The Morgan fingerprint density at radius 2 is 1.82 bits per heavy atom. The van der Waals surface area contributed by atoms with E-state index in [0.717, 1.165) is 28.9 Å². The predicted octanol–water partition coefficient (Wildman–Crippen LogP) is 4.92. The molecule has 2 unspecified atom stereocenters. The maximum Gasteiger partial charge on any atom is 0.320 e. The molecule has 4 rings (SSSR count). The topological polar surface area (TPSA) is 68.2 Å². The molecule has 0 radical (unpaired) electrons. The number of carboxylic acids is 1. The van der Waals surface area contributed by atoms with Gasteiger partial charge < -0.3 is 19.3 Å². The normalized spacial score (nSPS) is 16.8. The highest BCUT2D eigenvalue weighted by Crippen LogP contribution is 2.41. The van der Waals surface area contributed by atoms with E-state index in [2.05, 4.69) is 0 Å². The van der Waals surface area contributed by atoms with E-state index in [1.165, 1.54) is 0 Å². The third kappa shape index (κ3) is 5.12. The van der Waals surface area contributed by atoms with Crippen molar-refractivity contribution in [2.45, 2.75) is 31.5 Å². The van der Waals surface area contributed by atoms with Gasteiger partial charge in [-0.25, -0.2) is 0 Å². The molecule has 0 saturated carbocycles. The molecule has 2 atom stereocenters. The van der Waals surface area contributed by atoms with Crippen LogP contribution in [0.15, 0.2) is 72.8 Å². The maximum absolute atomic E-state index is 12.1. The molecule has 1 saturated heterocycles. The third-order valence-corrected chi connectivity index (χ3v) is 6.06. The summed E-state index contributed by atoms with van der Waals surface area (Å²) >= 11 is 0. The molecule has 1 aliphatic heterocycles. The number of aliphatic carboxylic acids is 1. The zero-order valence-electron chi connectivity index (χ0n) is 18.9. The van der Waals surface area contributed by atoms with Crippen molar-refractivity contribution in [3.63, 3.8) is 0 Å². The first kappa shape index (κ1) is 22.7. The van der Waals surface area contributed by atoms with Crippen molar-refractivity contribution < 1.29 is 24.1 Å². The minimum atomic E-state index is -0.809. The zero-order chi connectivity index (χ0) is 23.2. The van der Waals surface area contributed by atoms with Gasteiger partial charge in [-0.1, -0.05) is 42.5 Å². The number of ether oxygens (including phenoxy) is 3. The summed E-state index contributed by atoms with van der Waals surface area (Å²) in [5.74, 6) is 1.30. The lowest BCUT2D eigenvalue weighted by atomic mass is 9.95. The standard InChI is InChI=1S/C27H29NO5/c1-31-21-13-14-25(32-2)23(17-21)26(28-15-7-12-24(28)27(29)30)20-10-6-11-22(16-20)33-18-19-8-4-3-5-9-19/h3-6,8-11,13-14,16-17,24,26H,7,12,15,18H2,1-2H3,(H,29,30). The fraction of sp³-hybridized carbons (Fsp3) is 0.296. The lowest BCUT2D eigenvalue weighted by Crippen LogP contribution is -2.39. The van der Waals surface area contributed by atoms with Crippen molar-refractivity contribution in [3.05, 3.63) is 89.5 Å². The van der Waals surface area contributed by atoms with Crippen LogP contribution in [0.2, 0.25) is 0 Å². The fourth-order valence-corrected chi connectivity index (χ4v) is 4.48. The number of carboxylic acid groups (broad SMARTS) is 1. The molecular weight excluding hydrogens is 418 g/mol. The molecule has 33 heavy (non-hydrogen) atoms. The van der Waals surface area contributed by atoms with Gasteiger partial charge in [-0.2, -0.15) is 0 Å². The molecule has 3 aromatic rings. The van der Waals surface area contributed by atoms with Gasteiger partial charge in [0, 0.05) is 12.1 Å². The van der Waals surface area contributed by atoms with Crippen molar-refractivity contribution in [1.29, 1.82) is 0 Å². The lowest BCUT2D eigenvalue weighted by molar-refractivity contribution is -0.142. The van der Waals surface area contributed by atoms with Crippen LogP contribution >= 0.6 is 0 Å². The van der Waals surface area contributed by atoms with Crippen LogP contribution in [0, 0.1) is 0 Å². The number of hydrogen-bond acceptors (Lipinski definition) is 5. The number of methoxy groups -OCH3 is 2. The van der Waals surface area contributed by atoms with Crippen LogP contribution in [-0.4, -0.2) is 42.8 Å². The minimum Gasteiger partial charge on any atom is -0.497 e. The Morgan fingerprint density at radius 1 is 1.00 bits per heavy atom. The molecule has 0 aromatic heterocycles. The summed E-state index contributed by atoms with van der Waals surface area (Å²) in [5.41, 5.74) is 2.89. The summed E-state index contributed by atoms with van der Waals surface area (Å²) in [6.07, 6.45) is 1.44. The van der Waals surface area contributed by atoms with Gasteiger partial charge in [-0.15, -0.1) is 0 Å². The van der Waals surface area contributed by atoms with Crippen LogP contribution in [0.3, 0.4) is 0 Å². The number of benzene rings is 3. The van der Waals surface area contributed by atoms with Crippen molar-refractivity contribution in [3.8, 4) is 17.2 Å². The Labute approximate surface area is 194 Å². The first-order valence-corrected chi connectivity index (χ1v) is 11.1. The van der Waals surface area contributed by atoms with Gasteiger partial charge in [0.15, 0.2) is 0 Å². The van der Waals surface area contributed by atoms with Gasteiger partial charge in [0.25, 0.3) is 0 Å². The number of hydrogen-bond donors (Lipinski definition) is 1. The van der Waals surface area contributed by atoms with Crippen molar-refractivity contribution in [2.75, 3.05) is 20.8 Å². The highest BCUT2D eigenvalue weighted by Gasteiger charge is 2.38. The average molecular weight is 448 g/mol. The van der Waals surface area contributed by atoms with Crippen LogP contribution in [0.4, 0.5) is 0 Å². The van der Waals surface area contributed by atoms with Gasteiger partial charge in [-0.05, 0) is 54.3 Å². The Kier molecular flexibility index (Phi) is 7.15. The van der Waals surface area contributed by atoms with Crippen LogP contribution < -0.4 is 14.2 Å². The predicted molar refractivity (Wildman–Crippen MR) is 126 cm³/mol. The molecule has 0 spiro atoms. The van der Waals surface area contributed by atoms with Crippen molar-refractivity contribution >= 4 is 5.97 Å². The van der Waals surface area contributed by atoms with Gasteiger partial charge in [0.05, 0.1) is 20.3 Å². The minimum absolute atomic E-state index is 0.320. The van der Waals surface area contributed by atoms with Gasteiger partial charge in [0.2, 0.25) is 0 Å². The monoisotopic (exact) mass is 447 g/mol. The van der Waals surface area contributed by atoms with Crippen LogP contribution in [0.1, 0.15) is 35.6 Å². The summed E-state index contributed by atoms with van der Waals surface area (Å²) in [6.45, 7) is 1.13. The summed E-state index contributed by atoms with van der Waals surface area (Å²) in [6, 6.07) is 22.6. The second kappa shape index (κ2) is 10.4. The van der Waals surface area contributed by atoms with Crippen LogP contribution in [0.25, 0.3) is 0 Å². The maximum atomic E-state index is 12.1.